The fourth-order valence-corrected chi connectivity index (χ4v) is 4.55. The Balaban J connectivity index is 1.53. The zero-order valence-electron chi connectivity index (χ0n) is 23.6. The van der Waals surface area contributed by atoms with E-state index in [4.69, 9.17) is 23.7 Å². The second-order valence-corrected chi connectivity index (χ2v) is 10.2. The third-order valence-electron chi connectivity index (χ3n) is 6.91. The number of aromatic nitrogens is 2. The molecule has 13 heteroatoms. The average molecular weight is 591 g/mol. The van der Waals surface area contributed by atoms with Gasteiger partial charge in [0.1, 0.15) is 43.1 Å². The number of benzene rings is 2. The molecule has 228 valence electrons. The molecular formula is C29H35FN2O10. The van der Waals surface area contributed by atoms with Crippen molar-refractivity contribution in [1.82, 2.24) is 9.78 Å². The van der Waals surface area contributed by atoms with Crippen LogP contribution in [0.2, 0.25) is 0 Å². The fourth-order valence-electron chi connectivity index (χ4n) is 4.55. The normalized spacial score (nSPS) is 24.0. The molecule has 0 bridgehead atoms. The molecule has 1 fully saturated rings. The standard InChI is InChI=1S/C29H35FN2O10/c1-16(2)32-17(3)21(12-19-10-11-20(38-4)13-22(19)30)27(31-32)42-29(37)26(35)25(34)24(33)23(41-29)15-40-28(36)39-14-18-8-6-5-7-9-18/h5-11,13,16,23-26,33-35,37H,12,14-15H2,1-4H3/t23-,24-,25+,26-,29-/m1/s1. The predicted molar refractivity (Wildman–Crippen MR) is 144 cm³/mol. The van der Waals surface area contributed by atoms with Crippen molar-refractivity contribution < 1.29 is 53.3 Å². The van der Waals surface area contributed by atoms with Crippen molar-refractivity contribution in [3.8, 4) is 11.6 Å². The van der Waals surface area contributed by atoms with Gasteiger partial charge in [-0.1, -0.05) is 36.4 Å². The third-order valence-corrected chi connectivity index (χ3v) is 6.91. The van der Waals surface area contributed by atoms with Crippen LogP contribution < -0.4 is 9.47 Å². The van der Waals surface area contributed by atoms with Crippen LogP contribution in [0.25, 0.3) is 0 Å². The largest absolute Gasteiger partial charge is 0.508 e. The zero-order chi connectivity index (χ0) is 30.6. The molecular weight excluding hydrogens is 555 g/mol. The van der Waals surface area contributed by atoms with Gasteiger partial charge in [-0.15, -0.1) is 5.10 Å². The van der Waals surface area contributed by atoms with Crippen LogP contribution in [-0.4, -0.2) is 80.5 Å². The molecule has 1 saturated heterocycles. The van der Waals surface area contributed by atoms with E-state index < -0.39 is 49.0 Å². The Labute approximate surface area is 241 Å². The maximum Gasteiger partial charge on any atom is 0.508 e. The molecule has 4 N–H and O–H groups in total. The Hall–Kier alpha value is -3.75. The first-order chi connectivity index (χ1) is 19.9. The molecule has 12 nitrogen and oxygen atoms in total. The summed E-state index contributed by atoms with van der Waals surface area (Å²) in [5.41, 5.74) is 1.95. The van der Waals surface area contributed by atoms with Crippen molar-refractivity contribution >= 4 is 6.16 Å². The molecule has 2 heterocycles. The van der Waals surface area contributed by atoms with Crippen molar-refractivity contribution in [3.05, 3.63) is 76.7 Å². The number of ether oxygens (including phenoxy) is 5. The van der Waals surface area contributed by atoms with E-state index in [0.717, 1.165) is 0 Å². The van der Waals surface area contributed by atoms with Gasteiger partial charge in [0.2, 0.25) is 5.88 Å². The molecule has 2 aromatic carbocycles. The van der Waals surface area contributed by atoms with Crippen molar-refractivity contribution in [2.75, 3.05) is 13.7 Å². The number of halogens is 1. The third kappa shape index (κ3) is 6.82. The monoisotopic (exact) mass is 590 g/mol. The van der Waals surface area contributed by atoms with Crippen LogP contribution in [-0.2, 0) is 27.2 Å². The summed E-state index contributed by atoms with van der Waals surface area (Å²) in [6.07, 6.45) is -8.53. The molecule has 42 heavy (non-hydrogen) atoms. The summed E-state index contributed by atoms with van der Waals surface area (Å²) in [4.78, 5) is 12.1. The van der Waals surface area contributed by atoms with Gasteiger partial charge in [0, 0.05) is 29.8 Å². The highest BCUT2D eigenvalue weighted by molar-refractivity contribution is 5.59. The lowest BCUT2D eigenvalue weighted by Gasteiger charge is -2.44. The van der Waals surface area contributed by atoms with Crippen LogP contribution in [0, 0.1) is 12.7 Å². The first-order valence-corrected chi connectivity index (χ1v) is 13.3. The van der Waals surface area contributed by atoms with E-state index >= 15 is 0 Å². The van der Waals surface area contributed by atoms with Crippen LogP contribution in [0.15, 0.2) is 48.5 Å². The van der Waals surface area contributed by atoms with Gasteiger partial charge in [0.05, 0.1) is 7.11 Å². The van der Waals surface area contributed by atoms with Crippen molar-refractivity contribution in [2.45, 2.75) is 70.2 Å². The molecule has 0 spiro atoms. The van der Waals surface area contributed by atoms with E-state index in [2.05, 4.69) is 5.10 Å². The molecule has 0 amide bonds. The average Bonchev–Trinajstić information content (AvgIpc) is 3.27. The molecule has 3 aromatic rings. The van der Waals surface area contributed by atoms with Crippen LogP contribution in [0.5, 0.6) is 11.6 Å². The van der Waals surface area contributed by atoms with E-state index in [1.54, 1.807) is 41.9 Å². The number of hydrogen-bond acceptors (Lipinski definition) is 11. The summed E-state index contributed by atoms with van der Waals surface area (Å²) < 4.78 is 42.6. The summed E-state index contributed by atoms with van der Waals surface area (Å²) in [7, 11) is 1.42. The van der Waals surface area contributed by atoms with Crippen molar-refractivity contribution in [1.29, 1.82) is 0 Å². The predicted octanol–water partition coefficient (Wildman–Crippen LogP) is 2.37. The summed E-state index contributed by atoms with van der Waals surface area (Å²) in [6.45, 7) is 4.71. The highest BCUT2D eigenvalue weighted by Crippen LogP contribution is 2.35. The summed E-state index contributed by atoms with van der Waals surface area (Å²) in [6, 6.07) is 13.0. The SMILES string of the molecule is COc1ccc(Cc2c(O[C@]3(O)O[C@H](COC(=O)OCc4ccccc4)[C@@H](O)[C@H](O)[C@H]3O)nn(C(C)C)c2C)c(F)c1. The van der Waals surface area contributed by atoms with Crippen LogP contribution in [0.3, 0.4) is 0 Å². The zero-order valence-corrected chi connectivity index (χ0v) is 23.6. The quantitative estimate of drug-likeness (QED) is 0.203. The van der Waals surface area contributed by atoms with E-state index in [1.165, 1.54) is 19.2 Å². The second kappa shape index (κ2) is 13.0. The minimum atomic E-state index is -2.93. The summed E-state index contributed by atoms with van der Waals surface area (Å²) in [5, 5.41) is 47.3. The molecule has 0 unspecified atom stereocenters. The number of carbonyl (C=O) groups is 1. The molecule has 1 aliphatic rings. The molecule has 1 aromatic heterocycles. The highest BCUT2D eigenvalue weighted by atomic mass is 19.1. The minimum Gasteiger partial charge on any atom is -0.497 e. The maximum atomic E-state index is 14.8. The van der Waals surface area contributed by atoms with Gasteiger partial charge in [0.25, 0.3) is 0 Å². The van der Waals surface area contributed by atoms with Crippen LogP contribution >= 0.6 is 0 Å². The first kappa shape index (κ1) is 31.2. The van der Waals surface area contributed by atoms with Crippen LogP contribution in [0.1, 0.15) is 42.3 Å². The van der Waals surface area contributed by atoms with Crippen molar-refractivity contribution in [2.24, 2.45) is 0 Å². The lowest BCUT2D eigenvalue weighted by molar-refractivity contribution is -0.423. The number of aliphatic hydroxyl groups is 4. The number of rotatable bonds is 10. The molecule has 0 radical (unpaired) electrons. The number of aliphatic hydroxyl groups excluding tert-OH is 3. The van der Waals surface area contributed by atoms with Gasteiger partial charge in [-0.25, -0.2) is 9.18 Å². The van der Waals surface area contributed by atoms with Gasteiger partial charge in [-0.3, -0.25) is 4.68 Å². The van der Waals surface area contributed by atoms with Gasteiger partial charge in [0.15, 0.2) is 6.10 Å². The van der Waals surface area contributed by atoms with E-state index in [1.807, 2.05) is 19.9 Å². The second-order valence-electron chi connectivity index (χ2n) is 10.2. The van der Waals surface area contributed by atoms with E-state index in [0.29, 0.717) is 22.6 Å². The van der Waals surface area contributed by atoms with Crippen molar-refractivity contribution in [3.63, 3.8) is 0 Å². The maximum absolute atomic E-state index is 14.8. The molecule has 0 saturated carbocycles. The van der Waals surface area contributed by atoms with Crippen LogP contribution in [0.4, 0.5) is 9.18 Å². The Kier molecular flexibility index (Phi) is 9.69. The number of nitrogens with zero attached hydrogens (tertiary/aromatic N) is 2. The van der Waals surface area contributed by atoms with Gasteiger partial charge >= 0.3 is 12.1 Å². The lowest BCUT2D eigenvalue weighted by atomic mass is 9.97. The topological polar surface area (TPSA) is 162 Å². The molecule has 0 aliphatic carbocycles. The Morgan fingerprint density at radius 1 is 1.12 bits per heavy atom. The molecule has 5 atom stereocenters. The lowest BCUT2D eigenvalue weighted by Crippen LogP contribution is -2.67. The van der Waals surface area contributed by atoms with E-state index in [9.17, 15) is 29.6 Å². The Morgan fingerprint density at radius 2 is 1.83 bits per heavy atom. The minimum absolute atomic E-state index is 0.0130. The van der Waals surface area contributed by atoms with Gasteiger partial charge in [-0.2, -0.15) is 0 Å². The van der Waals surface area contributed by atoms with E-state index in [-0.39, 0.29) is 30.5 Å². The summed E-state index contributed by atoms with van der Waals surface area (Å²) in [5.74, 6) is -3.35. The molecule has 1 aliphatic heterocycles. The summed E-state index contributed by atoms with van der Waals surface area (Å²) >= 11 is 0. The Morgan fingerprint density at radius 3 is 2.48 bits per heavy atom. The molecule has 4 rings (SSSR count). The number of hydrogen-bond donors (Lipinski definition) is 4. The van der Waals surface area contributed by atoms with Gasteiger partial charge < -0.3 is 44.1 Å². The number of carbonyl (C=O) groups excluding carboxylic acids is 1. The fraction of sp³-hybridized carbons (Fsp3) is 0.448. The van der Waals surface area contributed by atoms with Gasteiger partial charge in [-0.05, 0) is 38.0 Å². The smallest absolute Gasteiger partial charge is 0.497 e. The Bertz CT molecular complexity index is 1370. The first-order valence-electron chi connectivity index (χ1n) is 13.3. The highest BCUT2D eigenvalue weighted by Gasteiger charge is 2.56. The number of methoxy groups -OCH3 is 1.